The lowest BCUT2D eigenvalue weighted by molar-refractivity contribution is 0.390. The van der Waals surface area contributed by atoms with Crippen LogP contribution in [0.3, 0.4) is 0 Å². The van der Waals surface area contributed by atoms with E-state index in [1.54, 1.807) is 13.8 Å². The fourth-order valence-corrected chi connectivity index (χ4v) is 4.00. The van der Waals surface area contributed by atoms with Crippen LogP contribution in [0.5, 0.6) is 0 Å². The van der Waals surface area contributed by atoms with Crippen LogP contribution in [0.1, 0.15) is 41.5 Å². The van der Waals surface area contributed by atoms with E-state index < -0.39 is 10.0 Å². The molecule has 0 fully saturated rings. The van der Waals surface area contributed by atoms with E-state index in [2.05, 4.69) is 19.8 Å². The number of fused-ring (bicyclic) bond motifs is 1. The van der Waals surface area contributed by atoms with Crippen molar-refractivity contribution in [2.45, 2.75) is 51.0 Å². The van der Waals surface area contributed by atoms with Gasteiger partial charge in [-0.25, -0.2) is 18.1 Å². The Balaban J connectivity index is 1.76. The number of imidazole rings is 1. The largest absolute Gasteiger partial charge is 0.360 e. The molecule has 114 valence electrons. The molecular weight excluding hydrogens is 292 g/mol. The summed E-state index contributed by atoms with van der Waals surface area (Å²) in [7, 11) is -3.64. The van der Waals surface area contributed by atoms with Crippen LogP contribution >= 0.6 is 0 Å². The van der Waals surface area contributed by atoms with E-state index >= 15 is 0 Å². The number of nitrogens with one attached hydrogen (secondary N) is 2. The molecule has 0 amide bonds. The van der Waals surface area contributed by atoms with Gasteiger partial charge in [0.25, 0.3) is 0 Å². The summed E-state index contributed by atoms with van der Waals surface area (Å²) >= 11 is 0. The van der Waals surface area contributed by atoms with Crippen LogP contribution in [0.2, 0.25) is 0 Å². The number of rotatable bonds is 4. The molecule has 0 aliphatic heterocycles. The van der Waals surface area contributed by atoms with Crippen LogP contribution in [0.4, 0.5) is 0 Å². The lowest BCUT2D eigenvalue weighted by atomic mass is 10.0. The van der Waals surface area contributed by atoms with Crippen molar-refractivity contribution < 1.29 is 12.9 Å². The number of aryl methyl sites for hydroxylation is 4. The molecule has 0 atom stereocenters. The normalized spacial score (nSPS) is 15.1. The Kier molecular flexibility index (Phi) is 3.58. The number of sulfonamides is 1. The molecule has 0 bridgehead atoms. The predicted molar refractivity (Wildman–Crippen MR) is 75.2 cm³/mol. The SMILES string of the molecule is Cc1noc(C)c1S(=O)(=O)NCc1nc2c([nH]1)CCCC2. The van der Waals surface area contributed by atoms with Gasteiger partial charge >= 0.3 is 0 Å². The number of hydrogen-bond acceptors (Lipinski definition) is 5. The van der Waals surface area contributed by atoms with Crippen LogP contribution in [-0.2, 0) is 29.4 Å². The second kappa shape index (κ2) is 5.27. The average molecular weight is 310 g/mol. The fourth-order valence-electron chi connectivity index (χ4n) is 2.69. The smallest absolute Gasteiger partial charge is 0.246 e. The van der Waals surface area contributed by atoms with Crippen LogP contribution in [0.15, 0.2) is 9.42 Å². The number of hydrogen-bond donors (Lipinski definition) is 2. The van der Waals surface area contributed by atoms with Crippen molar-refractivity contribution in [2.75, 3.05) is 0 Å². The van der Waals surface area contributed by atoms with Crippen molar-refractivity contribution >= 4 is 10.0 Å². The highest BCUT2D eigenvalue weighted by molar-refractivity contribution is 7.89. The summed E-state index contributed by atoms with van der Waals surface area (Å²) in [5, 5.41) is 3.67. The van der Waals surface area contributed by atoms with Gasteiger partial charge in [0, 0.05) is 5.69 Å². The molecule has 21 heavy (non-hydrogen) atoms. The molecular formula is C13H18N4O3S. The van der Waals surface area contributed by atoms with Gasteiger partial charge < -0.3 is 9.51 Å². The highest BCUT2D eigenvalue weighted by atomic mass is 32.2. The summed E-state index contributed by atoms with van der Waals surface area (Å²) in [5.41, 5.74) is 2.55. The van der Waals surface area contributed by atoms with Gasteiger partial charge in [0.1, 0.15) is 16.4 Å². The molecule has 0 aromatic carbocycles. The van der Waals surface area contributed by atoms with Gasteiger partial charge in [-0.15, -0.1) is 0 Å². The Hall–Kier alpha value is -1.67. The number of nitrogens with zero attached hydrogens (tertiary/aromatic N) is 2. The topological polar surface area (TPSA) is 101 Å². The summed E-state index contributed by atoms with van der Waals surface area (Å²) in [6.45, 7) is 3.33. The van der Waals surface area contributed by atoms with E-state index in [1.165, 1.54) is 0 Å². The molecule has 3 rings (SSSR count). The molecule has 0 spiro atoms. The molecule has 2 aromatic heterocycles. The third kappa shape index (κ3) is 2.73. The Morgan fingerprint density at radius 1 is 1.29 bits per heavy atom. The van der Waals surface area contributed by atoms with Gasteiger partial charge in [0.15, 0.2) is 5.76 Å². The number of aromatic amines is 1. The van der Waals surface area contributed by atoms with E-state index in [1.807, 2.05) is 0 Å². The Morgan fingerprint density at radius 2 is 2.05 bits per heavy atom. The van der Waals surface area contributed by atoms with Gasteiger partial charge in [0.05, 0.1) is 12.2 Å². The maximum absolute atomic E-state index is 12.3. The second-order valence-corrected chi connectivity index (χ2v) is 7.00. The van der Waals surface area contributed by atoms with Crippen molar-refractivity contribution in [1.29, 1.82) is 0 Å². The minimum absolute atomic E-state index is 0.110. The van der Waals surface area contributed by atoms with Gasteiger partial charge in [0.2, 0.25) is 10.0 Å². The maximum atomic E-state index is 12.3. The number of H-pyrrole nitrogens is 1. The second-order valence-electron chi connectivity index (χ2n) is 5.29. The van der Waals surface area contributed by atoms with Gasteiger partial charge in [-0.05, 0) is 39.5 Å². The first-order valence-corrected chi connectivity index (χ1v) is 8.45. The van der Waals surface area contributed by atoms with E-state index in [4.69, 9.17) is 4.52 Å². The van der Waals surface area contributed by atoms with Crippen LogP contribution in [-0.4, -0.2) is 23.5 Å². The summed E-state index contributed by atoms with van der Waals surface area (Å²) < 4.78 is 32.1. The lowest BCUT2D eigenvalue weighted by Crippen LogP contribution is -2.24. The molecule has 8 heteroatoms. The Bertz CT molecular complexity index is 717. The van der Waals surface area contributed by atoms with Crippen LogP contribution < -0.4 is 4.72 Å². The first-order chi connectivity index (χ1) is 9.97. The summed E-state index contributed by atoms with van der Waals surface area (Å²) in [5.74, 6) is 0.941. The monoisotopic (exact) mass is 310 g/mol. The molecule has 7 nitrogen and oxygen atoms in total. The van der Waals surface area contributed by atoms with Gasteiger partial charge in [-0.3, -0.25) is 0 Å². The van der Waals surface area contributed by atoms with E-state index in [9.17, 15) is 8.42 Å². The van der Waals surface area contributed by atoms with Gasteiger partial charge in [-0.2, -0.15) is 0 Å². The van der Waals surface area contributed by atoms with E-state index in [0.717, 1.165) is 37.1 Å². The van der Waals surface area contributed by atoms with Crippen molar-refractivity contribution in [3.05, 3.63) is 28.7 Å². The lowest BCUT2D eigenvalue weighted by Gasteiger charge is -2.07. The molecule has 0 radical (unpaired) electrons. The molecule has 2 aromatic rings. The zero-order valence-electron chi connectivity index (χ0n) is 12.1. The third-order valence-electron chi connectivity index (χ3n) is 3.67. The van der Waals surface area contributed by atoms with Crippen molar-refractivity contribution in [3.8, 4) is 0 Å². The van der Waals surface area contributed by atoms with Crippen LogP contribution in [0, 0.1) is 13.8 Å². The minimum atomic E-state index is -3.64. The predicted octanol–water partition coefficient (Wildman–Crippen LogP) is 1.37. The van der Waals surface area contributed by atoms with Crippen molar-refractivity contribution in [2.24, 2.45) is 0 Å². The first-order valence-electron chi connectivity index (χ1n) is 6.96. The zero-order valence-corrected chi connectivity index (χ0v) is 12.9. The summed E-state index contributed by atoms with van der Waals surface area (Å²) in [6, 6.07) is 0. The number of aromatic nitrogens is 3. The molecule has 2 N–H and O–H groups in total. The Labute approximate surface area is 123 Å². The molecule has 0 saturated carbocycles. The maximum Gasteiger partial charge on any atom is 0.246 e. The van der Waals surface area contributed by atoms with E-state index in [-0.39, 0.29) is 11.4 Å². The molecule has 0 saturated heterocycles. The van der Waals surface area contributed by atoms with Crippen molar-refractivity contribution in [1.82, 2.24) is 19.8 Å². The fraction of sp³-hybridized carbons (Fsp3) is 0.538. The highest BCUT2D eigenvalue weighted by Gasteiger charge is 2.24. The molecule has 1 aliphatic carbocycles. The molecule has 0 unspecified atom stereocenters. The van der Waals surface area contributed by atoms with Crippen molar-refractivity contribution in [3.63, 3.8) is 0 Å². The van der Waals surface area contributed by atoms with Gasteiger partial charge in [-0.1, -0.05) is 5.16 Å². The molecule has 1 aliphatic rings. The highest BCUT2D eigenvalue weighted by Crippen LogP contribution is 2.20. The van der Waals surface area contributed by atoms with E-state index in [0.29, 0.717) is 17.3 Å². The minimum Gasteiger partial charge on any atom is -0.360 e. The van der Waals surface area contributed by atoms with Crippen LogP contribution in [0.25, 0.3) is 0 Å². The third-order valence-corrected chi connectivity index (χ3v) is 5.31. The summed E-state index contributed by atoms with van der Waals surface area (Å²) in [6.07, 6.45) is 4.24. The standard InChI is InChI=1S/C13H18N4O3S/c1-8-13(9(2)20-17-8)21(18,19)14-7-12-15-10-5-3-4-6-11(10)16-12/h14H,3-7H2,1-2H3,(H,15,16). The quantitative estimate of drug-likeness (QED) is 0.888. The zero-order chi connectivity index (χ0) is 15.0. The summed E-state index contributed by atoms with van der Waals surface area (Å²) in [4.78, 5) is 7.77. The first kappa shape index (κ1) is 14.3. The average Bonchev–Trinajstić information content (AvgIpc) is 3.00. The Morgan fingerprint density at radius 3 is 2.71 bits per heavy atom. The molecule has 2 heterocycles.